The Morgan fingerprint density at radius 3 is 2.36 bits per heavy atom. The number of amides is 1. The number of carbonyl (C=O) groups excluding carboxylic acids is 1. The van der Waals surface area contributed by atoms with Crippen molar-refractivity contribution < 1.29 is 4.79 Å². The molecule has 1 aromatic carbocycles. The van der Waals surface area contributed by atoms with E-state index < -0.39 is 0 Å². The van der Waals surface area contributed by atoms with Crippen molar-refractivity contribution in [1.29, 1.82) is 0 Å². The lowest BCUT2D eigenvalue weighted by atomic mass is 10.1. The van der Waals surface area contributed by atoms with Crippen molar-refractivity contribution in [3.8, 4) is 0 Å². The second-order valence-corrected chi connectivity index (χ2v) is 6.68. The monoisotopic (exact) mass is 409 g/mol. The topological polar surface area (TPSA) is 49.6 Å². The normalized spacial score (nSPS) is 14.6. The van der Waals surface area contributed by atoms with Gasteiger partial charge in [0.15, 0.2) is 0 Å². The molecule has 0 unspecified atom stereocenters. The third-order valence-corrected chi connectivity index (χ3v) is 4.60. The van der Waals surface area contributed by atoms with E-state index in [9.17, 15) is 4.79 Å². The van der Waals surface area contributed by atoms with Crippen molar-refractivity contribution in [2.24, 2.45) is 5.73 Å². The number of unbranched alkanes of at least 4 members (excludes halogenated alkanes) is 3. The Balaban J connectivity index is 0.00000288. The molecule has 25 heavy (non-hydrogen) atoms. The fourth-order valence-electron chi connectivity index (χ4n) is 2.98. The van der Waals surface area contributed by atoms with Gasteiger partial charge in [-0.2, -0.15) is 0 Å². The number of halogens is 3. The van der Waals surface area contributed by atoms with E-state index in [0.29, 0.717) is 12.3 Å². The molecule has 144 valence electrons. The maximum absolute atomic E-state index is 12.2. The molecule has 0 atom stereocenters. The van der Waals surface area contributed by atoms with E-state index >= 15 is 0 Å². The third kappa shape index (κ3) is 9.11. The lowest BCUT2D eigenvalue weighted by Gasteiger charge is -2.34. The lowest BCUT2D eigenvalue weighted by Crippen LogP contribution is -2.48. The zero-order valence-electron chi connectivity index (χ0n) is 14.7. The van der Waals surface area contributed by atoms with Gasteiger partial charge in [-0.1, -0.05) is 36.6 Å². The minimum atomic E-state index is 0. The van der Waals surface area contributed by atoms with Gasteiger partial charge in [0.25, 0.3) is 0 Å². The van der Waals surface area contributed by atoms with Crippen LogP contribution in [0, 0.1) is 0 Å². The van der Waals surface area contributed by atoms with Crippen LogP contribution < -0.4 is 5.73 Å². The van der Waals surface area contributed by atoms with Gasteiger partial charge in [-0.3, -0.25) is 9.69 Å². The summed E-state index contributed by atoms with van der Waals surface area (Å²) in [6.45, 7) is 5.20. The molecule has 0 aliphatic carbocycles. The van der Waals surface area contributed by atoms with Gasteiger partial charge in [-0.15, -0.1) is 24.8 Å². The van der Waals surface area contributed by atoms with Gasteiger partial charge in [0.1, 0.15) is 0 Å². The molecule has 0 saturated carbocycles. The van der Waals surface area contributed by atoms with Crippen molar-refractivity contribution in [2.45, 2.75) is 38.6 Å². The summed E-state index contributed by atoms with van der Waals surface area (Å²) in [5.74, 6) is 0.306. The van der Waals surface area contributed by atoms with Gasteiger partial charge < -0.3 is 10.6 Å². The highest BCUT2D eigenvalue weighted by molar-refractivity contribution is 6.30. The van der Waals surface area contributed by atoms with Crippen LogP contribution in [0.15, 0.2) is 24.3 Å². The van der Waals surface area contributed by atoms with Gasteiger partial charge >= 0.3 is 0 Å². The van der Waals surface area contributed by atoms with Crippen LogP contribution in [0.5, 0.6) is 0 Å². The van der Waals surface area contributed by atoms with Crippen LogP contribution >= 0.6 is 36.4 Å². The zero-order chi connectivity index (χ0) is 16.5. The summed E-state index contributed by atoms with van der Waals surface area (Å²) in [4.78, 5) is 16.6. The fourth-order valence-corrected chi connectivity index (χ4v) is 3.19. The molecule has 2 rings (SSSR count). The summed E-state index contributed by atoms with van der Waals surface area (Å²) >= 11 is 6.03. The van der Waals surface area contributed by atoms with Gasteiger partial charge in [-0.25, -0.2) is 0 Å². The Kier molecular flexibility index (Phi) is 13.4. The zero-order valence-corrected chi connectivity index (χ0v) is 17.1. The van der Waals surface area contributed by atoms with Crippen LogP contribution in [-0.4, -0.2) is 48.4 Å². The molecule has 0 bridgehead atoms. The second-order valence-electron chi connectivity index (χ2n) is 6.24. The Labute approximate surface area is 168 Å². The van der Waals surface area contributed by atoms with Crippen LogP contribution in [-0.2, 0) is 11.3 Å². The standard InChI is InChI=1S/C18H28ClN3O.2ClH/c19-17-7-5-6-16(14-17)15-21-10-12-22(13-11-21)18(23)8-3-1-2-4-9-20;;/h5-7,14H,1-4,8-13,15,20H2;2*1H. The van der Waals surface area contributed by atoms with E-state index in [1.807, 2.05) is 23.1 Å². The Morgan fingerprint density at radius 2 is 1.72 bits per heavy atom. The Bertz CT molecular complexity index is 494. The summed E-state index contributed by atoms with van der Waals surface area (Å²) in [5.41, 5.74) is 6.71. The minimum absolute atomic E-state index is 0. The van der Waals surface area contributed by atoms with Gasteiger partial charge in [-0.05, 0) is 37.1 Å². The van der Waals surface area contributed by atoms with E-state index in [-0.39, 0.29) is 24.8 Å². The number of benzene rings is 1. The summed E-state index contributed by atoms with van der Waals surface area (Å²) in [5, 5.41) is 0.783. The number of carbonyl (C=O) groups is 1. The average molecular weight is 411 g/mol. The molecule has 1 heterocycles. The summed E-state index contributed by atoms with van der Waals surface area (Å²) < 4.78 is 0. The van der Waals surface area contributed by atoms with Crippen molar-refractivity contribution in [1.82, 2.24) is 9.80 Å². The van der Waals surface area contributed by atoms with E-state index in [2.05, 4.69) is 11.0 Å². The molecular formula is C18H30Cl3N3O. The molecule has 1 aromatic rings. The number of nitrogens with two attached hydrogens (primary N) is 1. The predicted molar refractivity (Wildman–Crippen MR) is 110 cm³/mol. The first kappa shape index (κ1) is 24.5. The predicted octanol–water partition coefficient (Wildman–Crippen LogP) is 3.74. The fraction of sp³-hybridized carbons (Fsp3) is 0.611. The van der Waals surface area contributed by atoms with Crippen LogP contribution in [0.4, 0.5) is 0 Å². The van der Waals surface area contributed by atoms with Gasteiger partial charge in [0.05, 0.1) is 0 Å². The molecule has 2 N–H and O–H groups in total. The van der Waals surface area contributed by atoms with E-state index in [0.717, 1.165) is 70.0 Å². The van der Waals surface area contributed by atoms with Crippen molar-refractivity contribution in [3.05, 3.63) is 34.9 Å². The smallest absolute Gasteiger partial charge is 0.222 e. The highest BCUT2D eigenvalue weighted by Gasteiger charge is 2.20. The highest BCUT2D eigenvalue weighted by atomic mass is 35.5. The molecular weight excluding hydrogens is 381 g/mol. The first-order valence-corrected chi connectivity index (χ1v) is 9.01. The summed E-state index contributed by atoms with van der Waals surface area (Å²) in [7, 11) is 0. The minimum Gasteiger partial charge on any atom is -0.340 e. The average Bonchev–Trinajstić information content (AvgIpc) is 2.55. The van der Waals surface area contributed by atoms with Gasteiger partial charge in [0, 0.05) is 44.2 Å². The van der Waals surface area contributed by atoms with Crippen molar-refractivity contribution >= 4 is 42.3 Å². The Hall–Kier alpha value is -0.520. The lowest BCUT2D eigenvalue weighted by molar-refractivity contribution is -0.133. The molecule has 1 aliphatic rings. The van der Waals surface area contributed by atoms with Crippen LogP contribution in [0.2, 0.25) is 5.02 Å². The maximum atomic E-state index is 12.2. The molecule has 4 nitrogen and oxygen atoms in total. The quantitative estimate of drug-likeness (QED) is 0.664. The first-order chi connectivity index (χ1) is 11.2. The number of piperazine rings is 1. The number of rotatable bonds is 8. The van der Waals surface area contributed by atoms with Crippen molar-refractivity contribution in [2.75, 3.05) is 32.7 Å². The summed E-state index contributed by atoms with van der Waals surface area (Å²) in [6, 6.07) is 8.00. The highest BCUT2D eigenvalue weighted by Crippen LogP contribution is 2.14. The van der Waals surface area contributed by atoms with Crippen LogP contribution in [0.3, 0.4) is 0 Å². The van der Waals surface area contributed by atoms with Crippen LogP contribution in [0.25, 0.3) is 0 Å². The molecule has 1 aliphatic heterocycles. The Morgan fingerprint density at radius 1 is 1.04 bits per heavy atom. The third-order valence-electron chi connectivity index (χ3n) is 4.36. The van der Waals surface area contributed by atoms with E-state index in [4.69, 9.17) is 17.3 Å². The number of hydrogen-bond donors (Lipinski definition) is 1. The second kappa shape index (κ2) is 13.7. The van der Waals surface area contributed by atoms with Gasteiger partial charge in [0.2, 0.25) is 5.91 Å². The van der Waals surface area contributed by atoms with Crippen LogP contribution in [0.1, 0.15) is 37.7 Å². The van der Waals surface area contributed by atoms with E-state index in [1.165, 1.54) is 5.56 Å². The first-order valence-electron chi connectivity index (χ1n) is 8.63. The molecule has 7 heteroatoms. The molecule has 0 radical (unpaired) electrons. The molecule has 0 spiro atoms. The maximum Gasteiger partial charge on any atom is 0.222 e. The van der Waals surface area contributed by atoms with Crippen molar-refractivity contribution in [3.63, 3.8) is 0 Å². The largest absolute Gasteiger partial charge is 0.340 e. The molecule has 1 saturated heterocycles. The van der Waals surface area contributed by atoms with E-state index in [1.54, 1.807) is 0 Å². The molecule has 0 aromatic heterocycles. The molecule has 1 amide bonds. The number of nitrogens with zero attached hydrogens (tertiary/aromatic N) is 2. The molecule has 1 fully saturated rings. The SMILES string of the molecule is Cl.Cl.NCCCCCCC(=O)N1CCN(Cc2cccc(Cl)c2)CC1. The summed E-state index contributed by atoms with van der Waals surface area (Å²) in [6.07, 6.45) is 4.98. The number of hydrogen-bond acceptors (Lipinski definition) is 3.